The number of para-hydroxylation sites is 1. The van der Waals surface area contributed by atoms with E-state index in [0.717, 1.165) is 17.0 Å². The Balaban J connectivity index is 1.59. The summed E-state index contributed by atoms with van der Waals surface area (Å²) in [6, 6.07) is 17.1. The Labute approximate surface area is 157 Å². The van der Waals surface area contributed by atoms with Gasteiger partial charge < -0.3 is 15.4 Å². The molecule has 0 aliphatic carbocycles. The van der Waals surface area contributed by atoms with Crippen molar-refractivity contribution in [3.8, 4) is 5.75 Å². The lowest BCUT2D eigenvalue weighted by molar-refractivity contribution is 0.0949. The second kappa shape index (κ2) is 8.80. The van der Waals surface area contributed by atoms with Crippen LogP contribution in [0.4, 0.5) is 15.8 Å². The summed E-state index contributed by atoms with van der Waals surface area (Å²) in [7, 11) is 1.63. The monoisotopic (exact) mass is 365 g/mol. The van der Waals surface area contributed by atoms with Gasteiger partial charge in [-0.25, -0.2) is 4.39 Å². The highest BCUT2D eigenvalue weighted by Gasteiger charge is 2.09. The van der Waals surface area contributed by atoms with Crippen LogP contribution < -0.4 is 15.4 Å². The number of ether oxygens (including phenoxy) is 1. The Hall–Kier alpha value is -3.41. The third-order valence-electron chi connectivity index (χ3n) is 4.00. The molecule has 0 atom stereocenters. The molecule has 2 N–H and O–H groups in total. The van der Waals surface area contributed by atoms with Crippen molar-refractivity contribution < 1.29 is 13.9 Å². The fraction of sp³-hybridized carbons (Fsp3) is 0.143. The average molecular weight is 365 g/mol. The van der Waals surface area contributed by atoms with Crippen LogP contribution in [0, 0.1) is 5.82 Å². The minimum absolute atomic E-state index is 0.257. The molecule has 0 unspecified atom stereocenters. The van der Waals surface area contributed by atoms with Crippen molar-refractivity contribution in [3.05, 3.63) is 83.9 Å². The fourth-order valence-electron chi connectivity index (χ4n) is 2.64. The largest absolute Gasteiger partial charge is 0.496 e. The van der Waals surface area contributed by atoms with Gasteiger partial charge in [0.25, 0.3) is 5.91 Å². The predicted octanol–water partition coefficient (Wildman–Crippen LogP) is 3.95. The van der Waals surface area contributed by atoms with Crippen molar-refractivity contribution in [2.45, 2.75) is 6.42 Å². The predicted molar refractivity (Wildman–Crippen MR) is 103 cm³/mol. The standard InChI is InChI=1S/C21H20FN3O2/c1-27-20-5-3-2-4-15(20)10-12-24-21(26)19-14-18(11-13-23-19)25-17-8-6-16(22)7-9-17/h2-9,11,13-14H,10,12H2,1H3,(H,23,25)(H,24,26). The van der Waals surface area contributed by atoms with Crippen molar-refractivity contribution in [1.29, 1.82) is 0 Å². The van der Waals surface area contributed by atoms with Gasteiger partial charge in [-0.15, -0.1) is 0 Å². The third kappa shape index (κ3) is 5.04. The molecule has 0 saturated carbocycles. The van der Waals surface area contributed by atoms with Gasteiger partial charge in [0.05, 0.1) is 7.11 Å². The molecule has 3 aromatic rings. The van der Waals surface area contributed by atoms with E-state index in [4.69, 9.17) is 4.74 Å². The van der Waals surface area contributed by atoms with Gasteiger partial charge in [0.15, 0.2) is 0 Å². The highest BCUT2D eigenvalue weighted by atomic mass is 19.1. The number of rotatable bonds is 7. The van der Waals surface area contributed by atoms with Gasteiger partial charge in [-0.2, -0.15) is 0 Å². The molecule has 0 bridgehead atoms. The Morgan fingerprint density at radius 1 is 1.07 bits per heavy atom. The van der Waals surface area contributed by atoms with E-state index in [-0.39, 0.29) is 11.7 Å². The lowest BCUT2D eigenvalue weighted by Gasteiger charge is -2.10. The lowest BCUT2D eigenvalue weighted by atomic mass is 10.1. The van der Waals surface area contributed by atoms with Gasteiger partial charge in [-0.05, 0) is 54.4 Å². The zero-order valence-electron chi connectivity index (χ0n) is 14.9. The number of amides is 1. The molecule has 6 heteroatoms. The molecule has 1 amide bonds. The normalized spacial score (nSPS) is 10.3. The van der Waals surface area contributed by atoms with E-state index in [1.807, 2.05) is 24.3 Å². The Morgan fingerprint density at radius 2 is 1.85 bits per heavy atom. The summed E-state index contributed by atoms with van der Waals surface area (Å²) in [5.41, 5.74) is 2.76. The van der Waals surface area contributed by atoms with E-state index < -0.39 is 0 Å². The zero-order valence-corrected chi connectivity index (χ0v) is 14.9. The van der Waals surface area contributed by atoms with Gasteiger partial charge >= 0.3 is 0 Å². The quantitative estimate of drug-likeness (QED) is 0.666. The molecule has 5 nitrogen and oxygen atoms in total. The smallest absolute Gasteiger partial charge is 0.269 e. The van der Waals surface area contributed by atoms with Crippen molar-refractivity contribution in [2.24, 2.45) is 0 Å². The molecule has 1 aromatic heterocycles. The number of nitrogens with zero attached hydrogens (tertiary/aromatic N) is 1. The van der Waals surface area contributed by atoms with Crippen molar-refractivity contribution >= 4 is 17.3 Å². The number of nitrogens with one attached hydrogen (secondary N) is 2. The maximum Gasteiger partial charge on any atom is 0.269 e. The summed E-state index contributed by atoms with van der Waals surface area (Å²) in [5, 5.41) is 5.98. The number of carbonyl (C=O) groups excluding carboxylic acids is 1. The first-order chi connectivity index (χ1) is 13.2. The maximum atomic E-state index is 13.0. The second-order valence-corrected chi connectivity index (χ2v) is 5.88. The number of aromatic nitrogens is 1. The molecule has 138 valence electrons. The average Bonchev–Trinajstić information content (AvgIpc) is 2.70. The van der Waals surface area contributed by atoms with Crippen LogP contribution >= 0.6 is 0 Å². The lowest BCUT2D eigenvalue weighted by Crippen LogP contribution is -2.26. The van der Waals surface area contributed by atoms with Gasteiger partial charge in [-0.3, -0.25) is 9.78 Å². The fourth-order valence-corrected chi connectivity index (χ4v) is 2.64. The van der Waals surface area contributed by atoms with E-state index in [0.29, 0.717) is 24.3 Å². The van der Waals surface area contributed by atoms with Crippen LogP contribution in [0.2, 0.25) is 0 Å². The minimum Gasteiger partial charge on any atom is -0.496 e. The van der Waals surface area contributed by atoms with Crippen LogP contribution in [-0.4, -0.2) is 24.5 Å². The Bertz CT molecular complexity index is 913. The van der Waals surface area contributed by atoms with Gasteiger partial charge in [0.2, 0.25) is 0 Å². The highest BCUT2D eigenvalue weighted by molar-refractivity contribution is 5.93. The molecule has 0 aliphatic heterocycles. The van der Waals surface area contributed by atoms with E-state index in [9.17, 15) is 9.18 Å². The molecule has 27 heavy (non-hydrogen) atoms. The number of benzene rings is 2. The number of halogens is 1. The van der Waals surface area contributed by atoms with Gasteiger partial charge in [-0.1, -0.05) is 18.2 Å². The van der Waals surface area contributed by atoms with Crippen LogP contribution in [0.1, 0.15) is 16.1 Å². The number of hydrogen-bond donors (Lipinski definition) is 2. The molecule has 0 radical (unpaired) electrons. The summed E-state index contributed by atoms with van der Waals surface area (Å²) in [6.45, 7) is 0.469. The van der Waals surface area contributed by atoms with Gasteiger partial charge in [0, 0.05) is 24.1 Å². The summed E-state index contributed by atoms with van der Waals surface area (Å²) < 4.78 is 18.3. The van der Waals surface area contributed by atoms with Crippen LogP contribution in [0.5, 0.6) is 5.75 Å². The van der Waals surface area contributed by atoms with Crippen LogP contribution in [0.3, 0.4) is 0 Å². The summed E-state index contributed by atoms with van der Waals surface area (Å²) in [5.74, 6) is 0.244. The molecule has 1 heterocycles. The summed E-state index contributed by atoms with van der Waals surface area (Å²) in [6.07, 6.45) is 2.21. The number of hydrogen-bond acceptors (Lipinski definition) is 4. The molecule has 0 fully saturated rings. The van der Waals surface area contributed by atoms with Crippen molar-refractivity contribution in [1.82, 2.24) is 10.3 Å². The topological polar surface area (TPSA) is 63.2 Å². The van der Waals surface area contributed by atoms with E-state index in [2.05, 4.69) is 15.6 Å². The van der Waals surface area contributed by atoms with Crippen LogP contribution in [0.25, 0.3) is 0 Å². The molecule has 0 aliphatic rings. The number of pyridine rings is 1. The first-order valence-corrected chi connectivity index (χ1v) is 8.54. The first-order valence-electron chi connectivity index (χ1n) is 8.54. The zero-order chi connectivity index (χ0) is 19.1. The van der Waals surface area contributed by atoms with Crippen molar-refractivity contribution in [2.75, 3.05) is 19.0 Å². The molecule has 2 aromatic carbocycles. The second-order valence-electron chi connectivity index (χ2n) is 5.88. The summed E-state index contributed by atoms with van der Waals surface area (Å²) in [4.78, 5) is 16.5. The minimum atomic E-state index is -0.301. The summed E-state index contributed by atoms with van der Waals surface area (Å²) >= 11 is 0. The van der Waals surface area contributed by atoms with Crippen molar-refractivity contribution in [3.63, 3.8) is 0 Å². The number of carbonyl (C=O) groups is 1. The third-order valence-corrected chi connectivity index (χ3v) is 4.00. The number of anilines is 2. The molecule has 0 saturated heterocycles. The van der Waals surface area contributed by atoms with E-state index >= 15 is 0 Å². The first kappa shape index (κ1) is 18.4. The Morgan fingerprint density at radius 3 is 2.63 bits per heavy atom. The molecular weight excluding hydrogens is 345 g/mol. The SMILES string of the molecule is COc1ccccc1CCNC(=O)c1cc(Nc2ccc(F)cc2)ccn1. The maximum absolute atomic E-state index is 13.0. The molecule has 3 rings (SSSR count). The van der Waals surface area contributed by atoms with E-state index in [1.165, 1.54) is 12.1 Å². The van der Waals surface area contributed by atoms with E-state index in [1.54, 1.807) is 37.6 Å². The molecule has 0 spiro atoms. The van der Waals surface area contributed by atoms with Gasteiger partial charge in [0.1, 0.15) is 17.3 Å². The molecular formula is C21H20FN3O2. The van der Waals surface area contributed by atoms with Crippen LogP contribution in [0.15, 0.2) is 66.9 Å². The van der Waals surface area contributed by atoms with Crippen LogP contribution in [-0.2, 0) is 6.42 Å². The highest BCUT2D eigenvalue weighted by Crippen LogP contribution is 2.18. The Kier molecular flexibility index (Phi) is 5.99. The number of methoxy groups -OCH3 is 1.